The van der Waals surface area contributed by atoms with E-state index in [2.05, 4.69) is 57.6 Å². The summed E-state index contributed by atoms with van der Waals surface area (Å²) in [5.74, 6) is 1.57. The molecule has 0 fully saturated rings. The van der Waals surface area contributed by atoms with Crippen molar-refractivity contribution in [1.29, 1.82) is 0 Å². The van der Waals surface area contributed by atoms with E-state index in [1.807, 2.05) is 26.8 Å². The van der Waals surface area contributed by atoms with Crippen LogP contribution in [0.1, 0.15) is 31.9 Å². The Kier molecular flexibility index (Phi) is 7.60. The van der Waals surface area contributed by atoms with E-state index in [1.54, 1.807) is 0 Å². The summed E-state index contributed by atoms with van der Waals surface area (Å²) in [6.07, 6.45) is 1.13. The molecule has 0 saturated heterocycles. The van der Waals surface area contributed by atoms with Gasteiger partial charge in [-0.05, 0) is 72.9 Å². The molecule has 0 aliphatic carbocycles. The van der Waals surface area contributed by atoms with Crippen LogP contribution in [0.2, 0.25) is 0 Å². The summed E-state index contributed by atoms with van der Waals surface area (Å²) in [7, 11) is 0. The lowest BCUT2D eigenvalue weighted by Gasteiger charge is -2.17. The van der Waals surface area contributed by atoms with Gasteiger partial charge in [0.05, 0.1) is 17.2 Å². The molecule has 0 unspecified atom stereocenters. The predicted octanol–water partition coefficient (Wildman–Crippen LogP) is 4.97. The Morgan fingerprint density at radius 3 is 2.50 bits per heavy atom. The van der Waals surface area contributed by atoms with E-state index < -0.39 is 0 Å². The zero-order valence-electron chi connectivity index (χ0n) is 14.6. The van der Waals surface area contributed by atoms with Gasteiger partial charge in [-0.15, -0.1) is 0 Å². The summed E-state index contributed by atoms with van der Waals surface area (Å²) in [5, 5.41) is 3.49. The second-order valence-electron chi connectivity index (χ2n) is 5.92. The number of halogens is 1. The molecule has 0 amide bonds. The molecule has 0 heterocycles. The SMILES string of the molecule is CCOc1cc(CNCCc2ccccc2)cc(Br)c1OC(C)C. The molecule has 4 heteroatoms. The molecule has 0 radical (unpaired) electrons. The van der Waals surface area contributed by atoms with Gasteiger partial charge in [-0.2, -0.15) is 0 Å². The van der Waals surface area contributed by atoms with E-state index in [0.717, 1.165) is 35.5 Å². The van der Waals surface area contributed by atoms with Gasteiger partial charge in [0.15, 0.2) is 11.5 Å². The zero-order valence-corrected chi connectivity index (χ0v) is 16.2. The van der Waals surface area contributed by atoms with Crippen molar-refractivity contribution in [2.24, 2.45) is 0 Å². The quantitative estimate of drug-likeness (QED) is 0.612. The predicted molar refractivity (Wildman–Crippen MR) is 103 cm³/mol. The number of hydrogen-bond acceptors (Lipinski definition) is 3. The first-order chi connectivity index (χ1) is 11.6. The summed E-state index contributed by atoms with van der Waals surface area (Å²) in [5.41, 5.74) is 2.52. The highest BCUT2D eigenvalue weighted by Crippen LogP contribution is 2.37. The maximum Gasteiger partial charge on any atom is 0.175 e. The number of hydrogen-bond donors (Lipinski definition) is 1. The molecule has 2 aromatic rings. The van der Waals surface area contributed by atoms with Gasteiger partial charge in [-0.25, -0.2) is 0 Å². The van der Waals surface area contributed by atoms with Gasteiger partial charge in [-0.1, -0.05) is 30.3 Å². The highest BCUT2D eigenvalue weighted by molar-refractivity contribution is 9.10. The third kappa shape index (κ3) is 5.84. The molecule has 2 rings (SSSR count). The van der Waals surface area contributed by atoms with Crippen LogP contribution in [0.5, 0.6) is 11.5 Å². The van der Waals surface area contributed by atoms with Gasteiger partial charge >= 0.3 is 0 Å². The minimum Gasteiger partial charge on any atom is -0.490 e. The number of nitrogens with one attached hydrogen (secondary N) is 1. The first-order valence-electron chi connectivity index (χ1n) is 8.46. The van der Waals surface area contributed by atoms with Gasteiger partial charge in [0.1, 0.15) is 0 Å². The standard InChI is InChI=1S/C20H26BrNO2/c1-4-23-19-13-17(12-18(21)20(19)24-15(2)3)14-22-11-10-16-8-6-5-7-9-16/h5-9,12-13,15,22H,4,10-11,14H2,1-3H3. The lowest BCUT2D eigenvalue weighted by Crippen LogP contribution is -2.17. The van der Waals surface area contributed by atoms with Crippen LogP contribution in [0, 0.1) is 0 Å². The van der Waals surface area contributed by atoms with Gasteiger partial charge in [0, 0.05) is 6.54 Å². The fraction of sp³-hybridized carbons (Fsp3) is 0.400. The van der Waals surface area contributed by atoms with Crippen molar-refractivity contribution in [3.8, 4) is 11.5 Å². The van der Waals surface area contributed by atoms with Crippen LogP contribution in [-0.2, 0) is 13.0 Å². The lowest BCUT2D eigenvalue weighted by atomic mass is 10.1. The minimum absolute atomic E-state index is 0.107. The fourth-order valence-electron chi connectivity index (χ4n) is 2.45. The van der Waals surface area contributed by atoms with E-state index in [9.17, 15) is 0 Å². The molecule has 0 saturated carbocycles. The number of benzene rings is 2. The van der Waals surface area contributed by atoms with Crippen molar-refractivity contribution >= 4 is 15.9 Å². The van der Waals surface area contributed by atoms with Crippen LogP contribution >= 0.6 is 15.9 Å². The van der Waals surface area contributed by atoms with Crippen molar-refractivity contribution in [3.05, 3.63) is 58.1 Å². The molecule has 2 aromatic carbocycles. The second kappa shape index (κ2) is 9.70. The van der Waals surface area contributed by atoms with Gasteiger partial charge in [0.2, 0.25) is 0 Å². The molecule has 3 nitrogen and oxygen atoms in total. The molecule has 130 valence electrons. The third-order valence-corrected chi connectivity index (χ3v) is 4.07. The molecule has 0 atom stereocenters. The third-order valence-electron chi connectivity index (χ3n) is 3.49. The Bertz CT molecular complexity index is 629. The summed E-state index contributed by atoms with van der Waals surface area (Å²) < 4.78 is 12.6. The smallest absolute Gasteiger partial charge is 0.175 e. The van der Waals surface area contributed by atoms with Crippen molar-refractivity contribution in [2.45, 2.75) is 39.8 Å². The van der Waals surface area contributed by atoms with Crippen LogP contribution in [0.4, 0.5) is 0 Å². The minimum atomic E-state index is 0.107. The average Bonchev–Trinajstić information content (AvgIpc) is 2.56. The van der Waals surface area contributed by atoms with E-state index in [-0.39, 0.29) is 6.10 Å². The van der Waals surface area contributed by atoms with Crippen molar-refractivity contribution in [2.75, 3.05) is 13.2 Å². The van der Waals surface area contributed by atoms with Crippen LogP contribution in [0.25, 0.3) is 0 Å². The number of rotatable bonds is 9. The Morgan fingerprint density at radius 1 is 1.08 bits per heavy atom. The maximum absolute atomic E-state index is 5.87. The van der Waals surface area contributed by atoms with Crippen LogP contribution in [0.3, 0.4) is 0 Å². The van der Waals surface area contributed by atoms with Crippen molar-refractivity contribution < 1.29 is 9.47 Å². The normalized spacial score (nSPS) is 10.9. The topological polar surface area (TPSA) is 30.5 Å². The first-order valence-corrected chi connectivity index (χ1v) is 9.26. The Labute approximate surface area is 153 Å². The summed E-state index contributed by atoms with van der Waals surface area (Å²) in [6.45, 7) is 8.37. The maximum atomic E-state index is 5.87. The zero-order chi connectivity index (χ0) is 17.4. The van der Waals surface area contributed by atoms with Gasteiger partial charge in [0.25, 0.3) is 0 Å². The summed E-state index contributed by atoms with van der Waals surface area (Å²) in [6, 6.07) is 14.7. The average molecular weight is 392 g/mol. The fourth-order valence-corrected chi connectivity index (χ4v) is 3.03. The van der Waals surface area contributed by atoms with Crippen LogP contribution in [-0.4, -0.2) is 19.3 Å². The Hall–Kier alpha value is -1.52. The molecule has 0 spiro atoms. The first kappa shape index (κ1) is 18.8. The van der Waals surface area contributed by atoms with E-state index in [1.165, 1.54) is 11.1 Å². The largest absolute Gasteiger partial charge is 0.490 e. The highest BCUT2D eigenvalue weighted by Gasteiger charge is 2.13. The van der Waals surface area contributed by atoms with E-state index in [4.69, 9.17) is 9.47 Å². The molecule has 0 aromatic heterocycles. The van der Waals surface area contributed by atoms with Crippen LogP contribution < -0.4 is 14.8 Å². The molecular weight excluding hydrogens is 366 g/mol. The van der Waals surface area contributed by atoms with Gasteiger partial charge < -0.3 is 14.8 Å². The van der Waals surface area contributed by atoms with Crippen molar-refractivity contribution in [1.82, 2.24) is 5.32 Å². The Balaban J connectivity index is 1.97. The van der Waals surface area contributed by atoms with Gasteiger partial charge in [-0.3, -0.25) is 0 Å². The van der Waals surface area contributed by atoms with Crippen molar-refractivity contribution in [3.63, 3.8) is 0 Å². The molecule has 24 heavy (non-hydrogen) atoms. The molecule has 0 aliphatic heterocycles. The Morgan fingerprint density at radius 2 is 1.83 bits per heavy atom. The molecule has 1 N–H and O–H groups in total. The molecular formula is C20H26BrNO2. The highest BCUT2D eigenvalue weighted by atomic mass is 79.9. The summed E-state index contributed by atoms with van der Waals surface area (Å²) >= 11 is 3.61. The number of ether oxygens (including phenoxy) is 2. The molecule has 0 bridgehead atoms. The summed E-state index contributed by atoms with van der Waals surface area (Å²) in [4.78, 5) is 0. The molecule has 0 aliphatic rings. The van der Waals surface area contributed by atoms with E-state index >= 15 is 0 Å². The lowest BCUT2D eigenvalue weighted by molar-refractivity contribution is 0.222. The monoisotopic (exact) mass is 391 g/mol. The van der Waals surface area contributed by atoms with E-state index in [0.29, 0.717) is 6.61 Å². The second-order valence-corrected chi connectivity index (χ2v) is 6.77. The van der Waals surface area contributed by atoms with Crippen LogP contribution in [0.15, 0.2) is 46.9 Å².